The molecule has 0 atom stereocenters. The maximum atomic E-state index is 5.46. The molecule has 0 aromatic rings. The van der Waals surface area contributed by atoms with Crippen LogP contribution in [0.3, 0.4) is 0 Å². The van der Waals surface area contributed by atoms with E-state index in [-0.39, 0.29) is 0 Å². The van der Waals surface area contributed by atoms with Crippen LogP contribution in [0.25, 0.3) is 0 Å². The van der Waals surface area contributed by atoms with Gasteiger partial charge in [-0.1, -0.05) is 33.6 Å². The lowest BCUT2D eigenvalue weighted by molar-refractivity contribution is 0.288. The first-order valence-electron chi connectivity index (χ1n) is 6.69. The van der Waals surface area contributed by atoms with Crippen molar-refractivity contribution in [3.05, 3.63) is 0 Å². The van der Waals surface area contributed by atoms with Gasteiger partial charge in [-0.2, -0.15) is 0 Å². The van der Waals surface area contributed by atoms with E-state index in [0.717, 1.165) is 6.54 Å². The maximum Gasteiger partial charge on any atom is 0.0173 e. The molecule has 0 radical (unpaired) electrons. The lowest BCUT2D eigenvalue weighted by Gasteiger charge is -2.32. The van der Waals surface area contributed by atoms with Gasteiger partial charge in [-0.3, -0.25) is 0 Å². The summed E-state index contributed by atoms with van der Waals surface area (Å²) in [6.07, 6.45) is 8.80. The molecule has 0 saturated carbocycles. The maximum absolute atomic E-state index is 5.46. The number of unbranched alkanes of at least 4 members (excludes halogenated alkanes) is 3. The summed E-state index contributed by atoms with van der Waals surface area (Å²) in [4.78, 5) is 0. The summed E-state index contributed by atoms with van der Waals surface area (Å²) < 4.78 is 0. The van der Waals surface area contributed by atoms with Gasteiger partial charge < -0.3 is 11.1 Å². The monoisotopic (exact) mass is 214 g/mol. The van der Waals surface area contributed by atoms with Crippen molar-refractivity contribution in [1.82, 2.24) is 5.32 Å². The lowest BCUT2D eigenvalue weighted by atomic mass is 9.89. The molecular formula is C13H30N2. The molecule has 2 nitrogen and oxygen atoms in total. The third-order valence-corrected chi connectivity index (χ3v) is 3.66. The van der Waals surface area contributed by atoms with Gasteiger partial charge in [0.05, 0.1) is 0 Å². The Bertz CT molecular complexity index is 122. The smallest absolute Gasteiger partial charge is 0.0173 e. The number of nitrogens with two attached hydrogens (primary N) is 1. The molecule has 0 aliphatic rings. The van der Waals surface area contributed by atoms with Crippen molar-refractivity contribution in [1.29, 1.82) is 0 Å². The number of nitrogens with one attached hydrogen (secondary N) is 1. The SMILES string of the molecule is CCC(CC)(CC)NCCCCCCN. The largest absolute Gasteiger partial charge is 0.330 e. The second-order valence-corrected chi connectivity index (χ2v) is 4.47. The topological polar surface area (TPSA) is 38.0 Å². The van der Waals surface area contributed by atoms with E-state index in [2.05, 4.69) is 26.1 Å². The number of hydrogen-bond acceptors (Lipinski definition) is 2. The van der Waals surface area contributed by atoms with Gasteiger partial charge in [-0.05, 0) is 45.2 Å². The van der Waals surface area contributed by atoms with Crippen molar-refractivity contribution in [2.45, 2.75) is 71.3 Å². The zero-order valence-electron chi connectivity index (χ0n) is 10.9. The van der Waals surface area contributed by atoms with Crippen molar-refractivity contribution in [3.8, 4) is 0 Å². The van der Waals surface area contributed by atoms with E-state index in [1.165, 1.54) is 51.5 Å². The summed E-state index contributed by atoms with van der Waals surface area (Å²) in [5, 5.41) is 3.73. The van der Waals surface area contributed by atoms with Gasteiger partial charge in [0.15, 0.2) is 0 Å². The molecular weight excluding hydrogens is 184 g/mol. The summed E-state index contributed by atoms with van der Waals surface area (Å²) in [5.74, 6) is 0. The second kappa shape index (κ2) is 9.17. The van der Waals surface area contributed by atoms with Crippen LogP contribution in [0.1, 0.15) is 65.7 Å². The van der Waals surface area contributed by atoms with Crippen LogP contribution >= 0.6 is 0 Å². The van der Waals surface area contributed by atoms with Crippen LogP contribution in [0.5, 0.6) is 0 Å². The van der Waals surface area contributed by atoms with E-state index in [1.54, 1.807) is 0 Å². The van der Waals surface area contributed by atoms with Crippen molar-refractivity contribution in [3.63, 3.8) is 0 Å². The predicted molar refractivity (Wildman–Crippen MR) is 69.1 cm³/mol. The zero-order chi connectivity index (χ0) is 11.6. The molecule has 0 aromatic heterocycles. The van der Waals surface area contributed by atoms with Crippen molar-refractivity contribution in [2.24, 2.45) is 5.73 Å². The van der Waals surface area contributed by atoms with Crippen molar-refractivity contribution >= 4 is 0 Å². The van der Waals surface area contributed by atoms with Gasteiger partial charge in [0.2, 0.25) is 0 Å². The highest BCUT2D eigenvalue weighted by Crippen LogP contribution is 2.19. The Morgan fingerprint density at radius 3 is 1.87 bits per heavy atom. The summed E-state index contributed by atoms with van der Waals surface area (Å²) in [7, 11) is 0. The molecule has 92 valence electrons. The Hall–Kier alpha value is -0.0800. The molecule has 0 unspecified atom stereocenters. The Kier molecular flexibility index (Phi) is 9.12. The van der Waals surface area contributed by atoms with E-state index in [4.69, 9.17) is 5.73 Å². The molecule has 0 fully saturated rings. The van der Waals surface area contributed by atoms with E-state index < -0.39 is 0 Å². The molecule has 2 heteroatoms. The van der Waals surface area contributed by atoms with Gasteiger partial charge >= 0.3 is 0 Å². The first-order chi connectivity index (χ1) is 7.24. The highest BCUT2D eigenvalue weighted by atomic mass is 15.0. The van der Waals surface area contributed by atoms with Gasteiger partial charge in [0.1, 0.15) is 0 Å². The minimum Gasteiger partial charge on any atom is -0.330 e. The van der Waals surface area contributed by atoms with Crippen LogP contribution in [0.2, 0.25) is 0 Å². The average Bonchev–Trinajstić information content (AvgIpc) is 2.29. The molecule has 0 heterocycles. The normalized spacial score (nSPS) is 12.0. The summed E-state index contributed by atoms with van der Waals surface area (Å²) in [5.41, 5.74) is 5.86. The minimum absolute atomic E-state index is 0.397. The molecule has 0 aromatic carbocycles. The van der Waals surface area contributed by atoms with Crippen LogP contribution in [0.4, 0.5) is 0 Å². The molecule has 15 heavy (non-hydrogen) atoms. The van der Waals surface area contributed by atoms with Crippen LogP contribution in [-0.2, 0) is 0 Å². The first kappa shape index (κ1) is 14.9. The molecule has 0 aliphatic carbocycles. The minimum atomic E-state index is 0.397. The Morgan fingerprint density at radius 1 is 0.867 bits per heavy atom. The van der Waals surface area contributed by atoms with Crippen molar-refractivity contribution in [2.75, 3.05) is 13.1 Å². The lowest BCUT2D eigenvalue weighted by Crippen LogP contribution is -2.44. The molecule has 3 N–H and O–H groups in total. The van der Waals surface area contributed by atoms with Crippen LogP contribution in [0.15, 0.2) is 0 Å². The Balaban J connectivity index is 3.54. The third-order valence-electron chi connectivity index (χ3n) is 3.66. The van der Waals surface area contributed by atoms with Crippen LogP contribution in [-0.4, -0.2) is 18.6 Å². The summed E-state index contributed by atoms with van der Waals surface area (Å²) in [6.45, 7) is 8.87. The molecule has 0 bridgehead atoms. The molecule has 0 spiro atoms. The first-order valence-corrected chi connectivity index (χ1v) is 6.69. The standard InChI is InChI=1S/C13H30N2/c1-4-13(5-2,6-3)15-12-10-8-7-9-11-14/h15H,4-12,14H2,1-3H3. The highest BCUT2D eigenvalue weighted by molar-refractivity contribution is 4.83. The Morgan fingerprint density at radius 2 is 1.40 bits per heavy atom. The third kappa shape index (κ3) is 6.16. The van der Waals surface area contributed by atoms with Gasteiger partial charge in [-0.25, -0.2) is 0 Å². The molecule has 0 amide bonds. The van der Waals surface area contributed by atoms with Crippen molar-refractivity contribution < 1.29 is 0 Å². The van der Waals surface area contributed by atoms with E-state index >= 15 is 0 Å². The van der Waals surface area contributed by atoms with Gasteiger partial charge in [0.25, 0.3) is 0 Å². The van der Waals surface area contributed by atoms with E-state index in [0.29, 0.717) is 5.54 Å². The molecule has 0 aliphatic heterocycles. The summed E-state index contributed by atoms with van der Waals surface area (Å²) >= 11 is 0. The Labute approximate surface area is 96.0 Å². The van der Waals surface area contributed by atoms with Crippen LogP contribution in [0, 0.1) is 0 Å². The quantitative estimate of drug-likeness (QED) is 0.549. The fourth-order valence-corrected chi connectivity index (χ4v) is 2.10. The number of hydrogen-bond donors (Lipinski definition) is 2. The van der Waals surface area contributed by atoms with Gasteiger partial charge in [-0.15, -0.1) is 0 Å². The van der Waals surface area contributed by atoms with E-state index in [9.17, 15) is 0 Å². The highest BCUT2D eigenvalue weighted by Gasteiger charge is 2.21. The van der Waals surface area contributed by atoms with E-state index in [1.807, 2.05) is 0 Å². The fourth-order valence-electron chi connectivity index (χ4n) is 2.10. The zero-order valence-corrected chi connectivity index (χ0v) is 10.9. The molecule has 0 rings (SSSR count). The second-order valence-electron chi connectivity index (χ2n) is 4.47. The predicted octanol–water partition coefficient (Wildman–Crippen LogP) is 3.06. The summed E-state index contributed by atoms with van der Waals surface area (Å²) in [6, 6.07) is 0. The molecule has 0 saturated heterocycles. The fraction of sp³-hybridized carbons (Fsp3) is 1.00. The van der Waals surface area contributed by atoms with Gasteiger partial charge in [0, 0.05) is 5.54 Å². The number of rotatable bonds is 10. The average molecular weight is 214 g/mol. The van der Waals surface area contributed by atoms with Crippen LogP contribution < -0.4 is 11.1 Å².